The molecule has 1 saturated heterocycles. The van der Waals surface area contributed by atoms with Gasteiger partial charge in [0.15, 0.2) is 0 Å². The molecule has 4 nitrogen and oxygen atoms in total. The van der Waals surface area contributed by atoms with E-state index < -0.39 is 17.4 Å². The molecule has 0 aromatic heterocycles. The molecule has 1 aromatic rings. The van der Waals surface area contributed by atoms with Crippen molar-refractivity contribution in [2.24, 2.45) is 5.92 Å². The van der Waals surface area contributed by atoms with Gasteiger partial charge in [-0.25, -0.2) is 9.18 Å². The van der Waals surface area contributed by atoms with Gasteiger partial charge >= 0.3 is 6.03 Å². The van der Waals surface area contributed by atoms with Crippen molar-refractivity contribution in [3.8, 4) is 0 Å². The zero-order valence-electron chi connectivity index (χ0n) is 12.1. The van der Waals surface area contributed by atoms with Crippen molar-refractivity contribution in [2.75, 3.05) is 0 Å². The predicted octanol–water partition coefficient (Wildman–Crippen LogP) is 2.83. The van der Waals surface area contributed by atoms with E-state index in [-0.39, 0.29) is 18.4 Å². The van der Waals surface area contributed by atoms with Gasteiger partial charge in [-0.2, -0.15) is 0 Å². The largest absolute Gasteiger partial charge is 0.325 e. The van der Waals surface area contributed by atoms with Crippen LogP contribution in [0.4, 0.5) is 9.18 Å². The average molecular weight is 290 g/mol. The summed E-state index contributed by atoms with van der Waals surface area (Å²) < 4.78 is 13.7. The minimum Gasteiger partial charge on any atom is -0.323 e. The van der Waals surface area contributed by atoms with Crippen LogP contribution >= 0.6 is 0 Å². The molecule has 5 heteroatoms. The second kappa shape index (κ2) is 5.13. The van der Waals surface area contributed by atoms with E-state index in [1.807, 2.05) is 6.92 Å². The van der Waals surface area contributed by atoms with Gasteiger partial charge < -0.3 is 5.32 Å². The van der Waals surface area contributed by atoms with Gasteiger partial charge in [-0.1, -0.05) is 38.0 Å². The number of rotatable bonds is 2. The Morgan fingerprint density at radius 3 is 2.81 bits per heavy atom. The Hall–Kier alpha value is -1.91. The summed E-state index contributed by atoms with van der Waals surface area (Å²) in [6.45, 7) is 2.00. The van der Waals surface area contributed by atoms with Crippen LogP contribution in [0.25, 0.3) is 0 Å². The first-order valence-electron chi connectivity index (χ1n) is 7.42. The van der Waals surface area contributed by atoms with Gasteiger partial charge in [0.25, 0.3) is 5.91 Å². The Bertz CT molecular complexity index is 589. The highest BCUT2D eigenvalue weighted by molar-refractivity contribution is 6.07. The van der Waals surface area contributed by atoms with E-state index in [4.69, 9.17) is 0 Å². The quantitative estimate of drug-likeness (QED) is 0.851. The molecule has 112 valence electrons. The maximum Gasteiger partial charge on any atom is 0.325 e. The number of halogens is 1. The molecule has 0 unspecified atom stereocenters. The minimum atomic E-state index is -0.777. The second-order valence-electron chi connectivity index (χ2n) is 6.03. The number of amides is 3. The smallest absolute Gasteiger partial charge is 0.323 e. The molecule has 1 aliphatic carbocycles. The summed E-state index contributed by atoms with van der Waals surface area (Å²) in [6.07, 6.45) is 3.62. The van der Waals surface area contributed by atoms with Crippen LogP contribution in [0.15, 0.2) is 24.3 Å². The highest BCUT2D eigenvalue weighted by atomic mass is 19.1. The van der Waals surface area contributed by atoms with Crippen molar-refractivity contribution >= 4 is 11.9 Å². The molecule has 1 heterocycles. The average Bonchev–Trinajstić information content (AvgIpc) is 2.70. The normalized spacial score (nSPS) is 29.0. The Morgan fingerprint density at radius 2 is 2.10 bits per heavy atom. The summed E-state index contributed by atoms with van der Waals surface area (Å²) >= 11 is 0. The van der Waals surface area contributed by atoms with Gasteiger partial charge in [0.2, 0.25) is 0 Å². The Kier molecular flexibility index (Phi) is 3.43. The molecule has 0 radical (unpaired) electrons. The summed E-state index contributed by atoms with van der Waals surface area (Å²) in [5.74, 6) is -0.480. The number of benzene rings is 1. The summed E-state index contributed by atoms with van der Waals surface area (Å²) in [7, 11) is 0. The monoisotopic (exact) mass is 290 g/mol. The fraction of sp³-hybridized carbons (Fsp3) is 0.500. The predicted molar refractivity (Wildman–Crippen MR) is 75.8 cm³/mol. The summed E-state index contributed by atoms with van der Waals surface area (Å²) in [4.78, 5) is 26.1. The molecule has 1 N–H and O–H groups in total. The van der Waals surface area contributed by atoms with E-state index in [1.165, 1.54) is 6.07 Å². The highest BCUT2D eigenvalue weighted by Crippen LogP contribution is 2.38. The molecular formula is C16H19FN2O2. The van der Waals surface area contributed by atoms with Crippen LogP contribution in [-0.4, -0.2) is 22.4 Å². The molecule has 0 bridgehead atoms. The molecule has 1 aliphatic heterocycles. The summed E-state index contributed by atoms with van der Waals surface area (Å²) in [5.41, 5.74) is -0.415. The first kappa shape index (κ1) is 14.0. The van der Waals surface area contributed by atoms with E-state index in [1.54, 1.807) is 18.2 Å². The molecule has 3 rings (SSSR count). The van der Waals surface area contributed by atoms with Crippen LogP contribution in [0.1, 0.15) is 38.2 Å². The zero-order chi connectivity index (χ0) is 15.0. The number of imide groups is 1. The highest BCUT2D eigenvalue weighted by Gasteiger charge is 2.54. The summed E-state index contributed by atoms with van der Waals surface area (Å²) in [6, 6.07) is 5.83. The molecular weight excluding hydrogens is 271 g/mol. The molecule has 21 heavy (non-hydrogen) atoms. The lowest BCUT2D eigenvalue weighted by molar-refractivity contribution is -0.134. The molecule has 2 aliphatic rings. The van der Waals surface area contributed by atoms with E-state index >= 15 is 0 Å². The van der Waals surface area contributed by atoms with E-state index in [0.717, 1.165) is 24.2 Å². The molecule has 1 spiro atoms. The third-order valence-electron chi connectivity index (χ3n) is 4.79. The molecule has 2 fully saturated rings. The van der Waals surface area contributed by atoms with Crippen LogP contribution in [0.2, 0.25) is 0 Å². The van der Waals surface area contributed by atoms with Crippen molar-refractivity contribution in [1.29, 1.82) is 0 Å². The van der Waals surface area contributed by atoms with Gasteiger partial charge in [-0.3, -0.25) is 9.69 Å². The Balaban J connectivity index is 1.86. The number of hydrogen-bond acceptors (Lipinski definition) is 2. The lowest BCUT2D eigenvalue weighted by atomic mass is 9.73. The third kappa shape index (κ3) is 2.20. The minimum absolute atomic E-state index is 0.00813. The fourth-order valence-electron chi connectivity index (χ4n) is 3.44. The number of nitrogens with zero attached hydrogens (tertiary/aromatic N) is 1. The molecule has 1 saturated carbocycles. The van der Waals surface area contributed by atoms with Gasteiger partial charge in [-0.15, -0.1) is 0 Å². The first-order valence-corrected chi connectivity index (χ1v) is 7.42. The Morgan fingerprint density at radius 1 is 1.33 bits per heavy atom. The summed E-state index contributed by atoms with van der Waals surface area (Å²) in [5, 5.41) is 2.87. The maximum absolute atomic E-state index is 13.7. The topological polar surface area (TPSA) is 49.4 Å². The standard InChI is InChI=1S/C16H19FN2O2/c1-11-6-4-5-9-16(11)14(20)19(15(21)18-16)10-12-7-2-3-8-13(12)17/h2-3,7-8,11H,4-6,9-10H2,1H3,(H,18,21)/t11-,16-/m1/s1. The van der Waals surface area contributed by atoms with Crippen LogP contribution in [0.3, 0.4) is 0 Å². The van der Waals surface area contributed by atoms with Crippen LogP contribution in [-0.2, 0) is 11.3 Å². The van der Waals surface area contributed by atoms with Crippen molar-refractivity contribution in [3.05, 3.63) is 35.6 Å². The third-order valence-corrected chi connectivity index (χ3v) is 4.79. The lowest BCUT2D eigenvalue weighted by Gasteiger charge is -2.36. The van der Waals surface area contributed by atoms with Crippen LogP contribution < -0.4 is 5.32 Å². The zero-order valence-corrected chi connectivity index (χ0v) is 12.1. The van der Waals surface area contributed by atoms with Gasteiger partial charge in [0.05, 0.1) is 6.54 Å². The number of urea groups is 1. The molecule has 3 amide bonds. The number of nitrogens with one attached hydrogen (secondary N) is 1. The van der Waals surface area contributed by atoms with Crippen molar-refractivity contribution in [2.45, 2.75) is 44.7 Å². The van der Waals surface area contributed by atoms with Gasteiger partial charge in [0, 0.05) is 5.56 Å². The molecule has 2 atom stereocenters. The number of hydrogen-bond donors (Lipinski definition) is 1. The van der Waals surface area contributed by atoms with E-state index in [9.17, 15) is 14.0 Å². The van der Waals surface area contributed by atoms with Gasteiger partial charge in [0.1, 0.15) is 11.4 Å². The van der Waals surface area contributed by atoms with Gasteiger partial charge in [-0.05, 0) is 24.8 Å². The van der Waals surface area contributed by atoms with E-state index in [0.29, 0.717) is 12.0 Å². The number of carbonyl (C=O) groups is 2. The van der Waals surface area contributed by atoms with Crippen LogP contribution in [0, 0.1) is 11.7 Å². The van der Waals surface area contributed by atoms with Crippen molar-refractivity contribution in [3.63, 3.8) is 0 Å². The van der Waals surface area contributed by atoms with E-state index in [2.05, 4.69) is 5.32 Å². The van der Waals surface area contributed by atoms with Crippen molar-refractivity contribution in [1.82, 2.24) is 10.2 Å². The lowest BCUT2D eigenvalue weighted by Crippen LogP contribution is -2.53. The Labute approximate surface area is 123 Å². The maximum atomic E-state index is 13.7. The van der Waals surface area contributed by atoms with Crippen molar-refractivity contribution < 1.29 is 14.0 Å². The van der Waals surface area contributed by atoms with Crippen LogP contribution in [0.5, 0.6) is 0 Å². The SMILES string of the molecule is C[C@@H]1CCCC[C@@]12NC(=O)N(Cc1ccccc1F)C2=O. The fourth-order valence-corrected chi connectivity index (χ4v) is 3.44. The second-order valence-corrected chi connectivity index (χ2v) is 6.03. The first-order chi connectivity index (χ1) is 10.0. The molecule has 1 aromatic carbocycles. The number of carbonyl (C=O) groups excluding carboxylic acids is 2.